The molecule has 1 atom stereocenters. The van der Waals surface area contributed by atoms with E-state index in [9.17, 15) is 13.2 Å². The fourth-order valence-electron chi connectivity index (χ4n) is 3.37. The standard InChI is InChI=1S/C23H32N2O3S/c1-16-9-10-18(3)22(14-16)20(5)24-23(26)8-7-13-25(29(6,27)28)21-12-11-17(2)19(4)15-21/h9-12,14-15,20H,7-8,13H2,1-6H3,(H,24,26). The van der Waals surface area contributed by atoms with Crippen molar-refractivity contribution < 1.29 is 13.2 Å². The van der Waals surface area contributed by atoms with Crippen LogP contribution in [0.25, 0.3) is 0 Å². The Morgan fingerprint density at radius 3 is 2.28 bits per heavy atom. The van der Waals surface area contributed by atoms with E-state index in [1.807, 2.05) is 52.8 Å². The number of amides is 1. The molecule has 0 saturated heterocycles. The first-order valence-corrected chi connectivity index (χ1v) is 11.8. The number of aryl methyl sites for hydroxylation is 4. The first kappa shape index (κ1) is 22.9. The number of anilines is 1. The highest BCUT2D eigenvalue weighted by molar-refractivity contribution is 7.92. The smallest absolute Gasteiger partial charge is 0.232 e. The highest BCUT2D eigenvalue weighted by atomic mass is 32.2. The van der Waals surface area contributed by atoms with Gasteiger partial charge in [-0.2, -0.15) is 0 Å². The van der Waals surface area contributed by atoms with E-state index in [0.717, 1.165) is 27.8 Å². The Labute approximate surface area is 175 Å². The summed E-state index contributed by atoms with van der Waals surface area (Å²) < 4.78 is 25.9. The summed E-state index contributed by atoms with van der Waals surface area (Å²) in [5, 5.41) is 3.03. The molecule has 2 aromatic rings. The van der Waals surface area contributed by atoms with Crippen LogP contribution in [-0.2, 0) is 14.8 Å². The van der Waals surface area contributed by atoms with Crippen LogP contribution in [0.2, 0.25) is 0 Å². The topological polar surface area (TPSA) is 66.5 Å². The lowest BCUT2D eigenvalue weighted by atomic mass is 10.00. The van der Waals surface area contributed by atoms with Crippen LogP contribution in [0.4, 0.5) is 5.69 Å². The molecule has 0 radical (unpaired) electrons. The van der Waals surface area contributed by atoms with Crippen LogP contribution >= 0.6 is 0 Å². The van der Waals surface area contributed by atoms with Gasteiger partial charge in [0.2, 0.25) is 15.9 Å². The molecule has 5 nitrogen and oxygen atoms in total. The van der Waals surface area contributed by atoms with Gasteiger partial charge in [0.25, 0.3) is 0 Å². The van der Waals surface area contributed by atoms with E-state index in [1.165, 1.54) is 10.6 Å². The maximum absolute atomic E-state index is 12.4. The summed E-state index contributed by atoms with van der Waals surface area (Å²) in [6.07, 6.45) is 1.92. The normalized spacial score (nSPS) is 12.5. The summed E-state index contributed by atoms with van der Waals surface area (Å²) in [5.74, 6) is -0.0769. The van der Waals surface area contributed by atoms with Crippen LogP contribution in [-0.4, -0.2) is 27.1 Å². The van der Waals surface area contributed by atoms with E-state index in [0.29, 0.717) is 12.1 Å². The number of benzene rings is 2. The summed E-state index contributed by atoms with van der Waals surface area (Å²) in [5.41, 5.74) is 6.19. The van der Waals surface area contributed by atoms with Crippen molar-refractivity contribution in [2.24, 2.45) is 0 Å². The van der Waals surface area contributed by atoms with Crippen molar-refractivity contribution in [3.63, 3.8) is 0 Å². The second-order valence-corrected chi connectivity index (χ2v) is 9.76. The third kappa shape index (κ3) is 6.32. The molecular formula is C23H32N2O3S. The quantitative estimate of drug-likeness (QED) is 0.696. The van der Waals surface area contributed by atoms with Crippen molar-refractivity contribution in [1.82, 2.24) is 5.32 Å². The predicted octanol–water partition coefficient (Wildman–Crippen LogP) is 4.34. The molecule has 1 amide bonds. The van der Waals surface area contributed by atoms with Gasteiger partial charge in [0, 0.05) is 13.0 Å². The Bertz CT molecular complexity index is 984. The molecule has 0 spiro atoms. The number of hydrogen-bond acceptors (Lipinski definition) is 3. The third-order valence-corrected chi connectivity index (χ3v) is 6.42. The summed E-state index contributed by atoms with van der Waals surface area (Å²) in [6.45, 7) is 10.3. The van der Waals surface area contributed by atoms with Crippen molar-refractivity contribution >= 4 is 21.6 Å². The Balaban J connectivity index is 1.99. The van der Waals surface area contributed by atoms with E-state index >= 15 is 0 Å². The molecule has 1 N–H and O–H groups in total. The first-order valence-electron chi connectivity index (χ1n) is 9.90. The maximum Gasteiger partial charge on any atom is 0.232 e. The lowest BCUT2D eigenvalue weighted by molar-refractivity contribution is -0.121. The number of sulfonamides is 1. The Morgan fingerprint density at radius 1 is 1.00 bits per heavy atom. The second kappa shape index (κ2) is 9.44. The number of hydrogen-bond donors (Lipinski definition) is 1. The van der Waals surface area contributed by atoms with Crippen molar-refractivity contribution in [1.29, 1.82) is 0 Å². The van der Waals surface area contributed by atoms with E-state index in [-0.39, 0.29) is 24.9 Å². The fourth-order valence-corrected chi connectivity index (χ4v) is 4.33. The van der Waals surface area contributed by atoms with Gasteiger partial charge in [0.15, 0.2) is 0 Å². The van der Waals surface area contributed by atoms with Gasteiger partial charge in [-0.1, -0.05) is 29.8 Å². The van der Waals surface area contributed by atoms with Crippen LogP contribution in [0.5, 0.6) is 0 Å². The minimum Gasteiger partial charge on any atom is -0.350 e. The highest BCUT2D eigenvalue weighted by Crippen LogP contribution is 2.22. The zero-order chi connectivity index (χ0) is 21.8. The number of nitrogens with one attached hydrogen (secondary N) is 1. The minimum absolute atomic E-state index is 0.0769. The molecule has 0 aromatic heterocycles. The number of rotatable bonds is 8. The second-order valence-electron chi connectivity index (χ2n) is 7.86. The third-order valence-electron chi connectivity index (χ3n) is 5.22. The van der Waals surface area contributed by atoms with Crippen molar-refractivity contribution in [2.75, 3.05) is 17.1 Å². The van der Waals surface area contributed by atoms with E-state index in [1.54, 1.807) is 0 Å². The van der Waals surface area contributed by atoms with Gasteiger partial charge in [0.1, 0.15) is 0 Å². The number of carbonyl (C=O) groups is 1. The van der Waals surface area contributed by atoms with Crippen LogP contribution < -0.4 is 9.62 Å². The summed E-state index contributed by atoms with van der Waals surface area (Å²) in [4.78, 5) is 12.4. The average molecular weight is 417 g/mol. The molecule has 0 heterocycles. The number of nitrogens with zero attached hydrogens (tertiary/aromatic N) is 1. The Hall–Kier alpha value is -2.34. The van der Waals surface area contributed by atoms with Crippen LogP contribution in [0.3, 0.4) is 0 Å². The minimum atomic E-state index is -3.42. The summed E-state index contributed by atoms with van der Waals surface area (Å²) in [7, 11) is -3.42. The van der Waals surface area contributed by atoms with Gasteiger partial charge < -0.3 is 5.32 Å². The molecule has 158 valence electrons. The van der Waals surface area contributed by atoms with E-state index < -0.39 is 10.0 Å². The monoisotopic (exact) mass is 416 g/mol. The lowest BCUT2D eigenvalue weighted by Gasteiger charge is -2.23. The molecule has 0 aliphatic carbocycles. The van der Waals surface area contributed by atoms with Crippen molar-refractivity contribution in [3.05, 3.63) is 64.2 Å². The lowest BCUT2D eigenvalue weighted by Crippen LogP contribution is -2.32. The molecule has 2 aromatic carbocycles. The zero-order valence-electron chi connectivity index (χ0n) is 18.2. The molecule has 2 rings (SSSR count). The summed E-state index contributed by atoms with van der Waals surface area (Å²) in [6, 6.07) is 11.7. The fraction of sp³-hybridized carbons (Fsp3) is 0.435. The molecule has 0 aliphatic heterocycles. The van der Waals surface area contributed by atoms with Gasteiger partial charge in [-0.15, -0.1) is 0 Å². The van der Waals surface area contributed by atoms with Gasteiger partial charge in [0.05, 0.1) is 18.0 Å². The maximum atomic E-state index is 12.4. The van der Waals surface area contributed by atoms with Crippen molar-refractivity contribution in [2.45, 2.75) is 53.5 Å². The van der Waals surface area contributed by atoms with Crippen molar-refractivity contribution in [3.8, 4) is 0 Å². The number of carbonyl (C=O) groups excluding carboxylic acids is 1. The van der Waals surface area contributed by atoms with Gasteiger partial charge in [-0.25, -0.2) is 8.42 Å². The van der Waals surface area contributed by atoms with Gasteiger partial charge in [-0.05, 0) is 75.4 Å². The predicted molar refractivity (Wildman–Crippen MR) is 120 cm³/mol. The molecule has 6 heteroatoms. The van der Waals surface area contributed by atoms with Gasteiger partial charge in [-0.3, -0.25) is 9.10 Å². The van der Waals surface area contributed by atoms with Crippen LogP contribution in [0.15, 0.2) is 36.4 Å². The Morgan fingerprint density at radius 2 is 1.66 bits per heavy atom. The average Bonchev–Trinajstić information content (AvgIpc) is 2.62. The van der Waals surface area contributed by atoms with Gasteiger partial charge >= 0.3 is 0 Å². The van der Waals surface area contributed by atoms with E-state index in [4.69, 9.17) is 0 Å². The van der Waals surface area contributed by atoms with Crippen LogP contribution in [0.1, 0.15) is 53.6 Å². The van der Waals surface area contributed by atoms with E-state index in [2.05, 4.69) is 23.5 Å². The largest absolute Gasteiger partial charge is 0.350 e. The molecule has 0 saturated carbocycles. The molecule has 0 fully saturated rings. The zero-order valence-corrected chi connectivity index (χ0v) is 19.1. The Kier molecular flexibility index (Phi) is 7.47. The molecule has 0 bridgehead atoms. The first-order chi connectivity index (χ1) is 13.5. The highest BCUT2D eigenvalue weighted by Gasteiger charge is 2.19. The summed E-state index contributed by atoms with van der Waals surface area (Å²) >= 11 is 0. The molecular weight excluding hydrogens is 384 g/mol. The SMILES string of the molecule is Cc1ccc(C)c(C(C)NC(=O)CCCN(c2ccc(C)c(C)c2)S(C)(=O)=O)c1. The molecule has 1 unspecified atom stereocenters. The molecule has 29 heavy (non-hydrogen) atoms. The molecule has 0 aliphatic rings. The van der Waals surface area contributed by atoms with Crippen LogP contribution in [0, 0.1) is 27.7 Å².